The molecule has 2 aliphatic heterocycles. The Morgan fingerprint density at radius 2 is 1.73 bits per heavy atom. The Bertz CT molecular complexity index is 1980. The van der Waals surface area contributed by atoms with Crippen molar-refractivity contribution < 1.29 is 17.9 Å². The molecule has 4 aromatic carbocycles. The molecule has 45 heavy (non-hydrogen) atoms. The van der Waals surface area contributed by atoms with Crippen molar-refractivity contribution in [2.75, 3.05) is 28.6 Å². The Kier molecular flexibility index (Phi) is 7.56. The summed E-state index contributed by atoms with van der Waals surface area (Å²) in [4.78, 5) is 14.3. The summed E-state index contributed by atoms with van der Waals surface area (Å²) in [6.45, 7) is 8.53. The van der Waals surface area contributed by atoms with Crippen LogP contribution in [0.5, 0.6) is 0 Å². The molecule has 0 saturated carbocycles. The highest BCUT2D eigenvalue weighted by molar-refractivity contribution is 7.85. The maximum absolute atomic E-state index is 13.7. The number of benzene rings is 4. The van der Waals surface area contributed by atoms with Crippen molar-refractivity contribution in [3.8, 4) is 22.3 Å². The summed E-state index contributed by atoms with van der Waals surface area (Å²) < 4.78 is 34.4. The van der Waals surface area contributed by atoms with E-state index in [0.29, 0.717) is 18.5 Å². The molecule has 1 unspecified atom stereocenters. The highest BCUT2D eigenvalue weighted by Crippen LogP contribution is 2.50. The molecule has 1 aromatic heterocycles. The molecule has 0 N–H and O–H groups in total. The van der Waals surface area contributed by atoms with Gasteiger partial charge in [0.1, 0.15) is 23.1 Å². The number of hydrogen-bond acceptors (Lipinski definition) is 5. The summed E-state index contributed by atoms with van der Waals surface area (Å²) in [6, 6.07) is 19.8. The van der Waals surface area contributed by atoms with Crippen molar-refractivity contribution in [1.29, 1.82) is 0 Å². The zero-order valence-corrected chi connectivity index (χ0v) is 26.8. The minimum Gasteiger partial charge on any atom is -0.371 e. The number of halogens is 1. The van der Waals surface area contributed by atoms with E-state index in [1.54, 1.807) is 12.3 Å². The summed E-state index contributed by atoms with van der Waals surface area (Å²) in [5.41, 5.74) is 13.4. The van der Waals surface area contributed by atoms with Crippen LogP contribution < -0.4 is 9.21 Å². The predicted octanol–water partition coefficient (Wildman–Crippen LogP) is 7.97. The van der Waals surface area contributed by atoms with Gasteiger partial charge in [-0.05, 0) is 96.8 Å². The van der Waals surface area contributed by atoms with Crippen LogP contribution in [0.25, 0.3) is 33.2 Å². The summed E-state index contributed by atoms with van der Waals surface area (Å²) in [5.74, 6) is -0.0690. The smallest absolute Gasteiger partial charge is 0.170 e. The number of rotatable bonds is 6. The van der Waals surface area contributed by atoms with E-state index in [9.17, 15) is 13.4 Å². The van der Waals surface area contributed by atoms with Crippen LogP contribution in [0.2, 0.25) is 0 Å². The molecular formula is C37H36FN3O3S. The standard InChI is InChI=1S/C37H36FN3O3S/c1-22-5-7-25(8-6-22)34-24(3)35-31-12-10-29(19-27(31)21-41(45(4)43)37(35)23(2)30(34)15-18-42)40-16-13-26(14-17-40)36-32-11-9-28(38)20-33(32)44-39-36/h5-12,18-20,26H,13-17,21H2,1-4H3. The molecule has 6 nitrogen and oxygen atoms in total. The molecule has 0 aliphatic carbocycles. The molecule has 0 amide bonds. The number of aromatic nitrogens is 1. The SMILES string of the molecule is Cc1ccc(-c2c(C)c3c(c(C)c2CC=O)N(S(C)=O)Cc2cc(N4CCC(c5noc6cc(F)ccc56)CC4)ccc2-3)cc1. The van der Waals surface area contributed by atoms with Crippen molar-refractivity contribution in [3.63, 3.8) is 0 Å². The number of piperidine rings is 1. The fourth-order valence-corrected chi connectivity index (χ4v) is 8.19. The van der Waals surface area contributed by atoms with Crippen LogP contribution in [0.1, 0.15) is 52.3 Å². The minimum absolute atomic E-state index is 0.252. The summed E-state index contributed by atoms with van der Waals surface area (Å²) >= 11 is 0. The number of aryl methyl sites for hydroxylation is 1. The van der Waals surface area contributed by atoms with Gasteiger partial charge in [-0.2, -0.15) is 0 Å². The van der Waals surface area contributed by atoms with Crippen LogP contribution in [-0.2, 0) is 28.7 Å². The fourth-order valence-electron chi connectivity index (χ4n) is 7.38. The molecule has 0 bridgehead atoms. The highest BCUT2D eigenvalue weighted by Gasteiger charge is 2.32. The second-order valence-corrected chi connectivity index (χ2v) is 13.6. The van der Waals surface area contributed by atoms with E-state index in [2.05, 4.69) is 73.3 Å². The number of anilines is 2. The Balaban J connectivity index is 1.25. The second-order valence-electron chi connectivity index (χ2n) is 12.3. The van der Waals surface area contributed by atoms with Gasteiger partial charge in [0.15, 0.2) is 5.58 Å². The van der Waals surface area contributed by atoms with Crippen LogP contribution in [0, 0.1) is 26.6 Å². The van der Waals surface area contributed by atoms with Crippen molar-refractivity contribution in [1.82, 2.24) is 5.16 Å². The molecule has 0 spiro atoms. The van der Waals surface area contributed by atoms with E-state index >= 15 is 0 Å². The Morgan fingerprint density at radius 3 is 2.44 bits per heavy atom. The van der Waals surface area contributed by atoms with Crippen LogP contribution in [0.3, 0.4) is 0 Å². The van der Waals surface area contributed by atoms with Crippen LogP contribution >= 0.6 is 0 Å². The monoisotopic (exact) mass is 621 g/mol. The molecule has 8 heteroatoms. The molecule has 0 radical (unpaired) electrons. The third-order valence-electron chi connectivity index (χ3n) is 9.66. The highest BCUT2D eigenvalue weighted by atomic mass is 32.2. The van der Waals surface area contributed by atoms with E-state index in [4.69, 9.17) is 4.52 Å². The molecule has 1 atom stereocenters. The first kappa shape index (κ1) is 29.4. The van der Waals surface area contributed by atoms with E-state index < -0.39 is 11.0 Å². The zero-order chi connectivity index (χ0) is 31.4. The number of carbonyl (C=O) groups is 1. The van der Waals surface area contributed by atoms with Gasteiger partial charge in [0.2, 0.25) is 0 Å². The maximum atomic E-state index is 13.7. The minimum atomic E-state index is -1.26. The molecule has 1 saturated heterocycles. The van der Waals surface area contributed by atoms with Crippen molar-refractivity contribution in [2.24, 2.45) is 0 Å². The van der Waals surface area contributed by atoms with E-state index in [1.807, 2.05) is 4.31 Å². The third-order valence-corrected chi connectivity index (χ3v) is 10.6. The summed E-state index contributed by atoms with van der Waals surface area (Å²) in [7, 11) is -1.26. The molecule has 230 valence electrons. The summed E-state index contributed by atoms with van der Waals surface area (Å²) in [6.07, 6.45) is 4.84. The molecule has 2 aliphatic rings. The zero-order valence-electron chi connectivity index (χ0n) is 26.0. The molecule has 3 heterocycles. The van der Waals surface area contributed by atoms with E-state index in [1.165, 1.54) is 17.7 Å². The fraction of sp³-hybridized carbons (Fsp3) is 0.297. The van der Waals surface area contributed by atoms with Gasteiger partial charge < -0.3 is 14.2 Å². The average molecular weight is 622 g/mol. The lowest BCUT2D eigenvalue weighted by atomic mass is 9.81. The lowest BCUT2D eigenvalue weighted by molar-refractivity contribution is -0.107. The van der Waals surface area contributed by atoms with E-state index in [0.717, 1.165) is 99.2 Å². The van der Waals surface area contributed by atoms with Gasteiger partial charge in [-0.15, -0.1) is 0 Å². The Hall–Kier alpha value is -4.30. The lowest BCUT2D eigenvalue weighted by Crippen LogP contribution is -2.33. The van der Waals surface area contributed by atoms with Crippen LogP contribution in [0.4, 0.5) is 15.8 Å². The van der Waals surface area contributed by atoms with Crippen molar-refractivity contribution in [3.05, 3.63) is 100.0 Å². The molecule has 7 rings (SSSR count). The predicted molar refractivity (Wildman–Crippen MR) is 180 cm³/mol. The summed E-state index contributed by atoms with van der Waals surface area (Å²) in [5, 5.41) is 5.20. The Morgan fingerprint density at radius 1 is 0.978 bits per heavy atom. The number of nitrogens with zero attached hydrogens (tertiary/aromatic N) is 3. The molecule has 5 aromatic rings. The Labute approximate surface area is 265 Å². The average Bonchev–Trinajstić information content (AvgIpc) is 3.46. The maximum Gasteiger partial charge on any atom is 0.170 e. The van der Waals surface area contributed by atoms with Crippen molar-refractivity contribution in [2.45, 2.75) is 52.5 Å². The molecule has 1 fully saturated rings. The molecular weight excluding hydrogens is 585 g/mol. The second kappa shape index (κ2) is 11.6. The van der Waals surface area contributed by atoms with Crippen LogP contribution in [-0.4, -0.2) is 35.0 Å². The third kappa shape index (κ3) is 5.05. The van der Waals surface area contributed by atoms with Gasteiger partial charge in [0.05, 0.1) is 17.9 Å². The van der Waals surface area contributed by atoms with Crippen LogP contribution in [0.15, 0.2) is 65.2 Å². The van der Waals surface area contributed by atoms with Gasteiger partial charge in [0, 0.05) is 54.4 Å². The van der Waals surface area contributed by atoms with Crippen molar-refractivity contribution >= 4 is 39.6 Å². The van der Waals surface area contributed by atoms with Gasteiger partial charge in [-0.25, -0.2) is 8.60 Å². The quantitative estimate of drug-likeness (QED) is 0.180. The van der Waals surface area contributed by atoms with E-state index in [-0.39, 0.29) is 11.7 Å². The lowest BCUT2D eigenvalue weighted by Gasteiger charge is -2.37. The number of aldehydes is 1. The van der Waals surface area contributed by atoms with Gasteiger partial charge >= 0.3 is 0 Å². The number of hydrogen-bond donors (Lipinski definition) is 0. The number of carbonyl (C=O) groups excluding carboxylic acids is 1. The van der Waals surface area contributed by atoms with Gasteiger partial charge in [0.25, 0.3) is 0 Å². The van der Waals surface area contributed by atoms with Gasteiger partial charge in [-0.3, -0.25) is 4.31 Å². The largest absolute Gasteiger partial charge is 0.371 e. The first-order valence-electron chi connectivity index (χ1n) is 15.5. The normalized spacial score (nSPS) is 15.7. The first-order valence-corrected chi connectivity index (χ1v) is 17.0. The topological polar surface area (TPSA) is 66.7 Å². The first-order chi connectivity index (χ1) is 21.7. The number of fused-ring (bicyclic) bond motifs is 4. The van der Waals surface area contributed by atoms with Gasteiger partial charge in [-0.1, -0.05) is 41.1 Å².